The van der Waals surface area contributed by atoms with Crippen molar-refractivity contribution in [2.45, 2.75) is 32.9 Å². The van der Waals surface area contributed by atoms with Crippen molar-refractivity contribution in [1.82, 2.24) is 4.90 Å². The van der Waals surface area contributed by atoms with Crippen molar-refractivity contribution in [3.63, 3.8) is 0 Å². The lowest BCUT2D eigenvalue weighted by Gasteiger charge is -2.20. The van der Waals surface area contributed by atoms with E-state index in [9.17, 15) is 4.79 Å². The summed E-state index contributed by atoms with van der Waals surface area (Å²) >= 11 is 0. The maximum absolute atomic E-state index is 10.5. The molecule has 0 bridgehead atoms. The lowest BCUT2D eigenvalue weighted by molar-refractivity contribution is -0.136. The second kappa shape index (κ2) is 5.66. The summed E-state index contributed by atoms with van der Waals surface area (Å²) in [5.41, 5.74) is 2.06. The van der Waals surface area contributed by atoms with Crippen molar-refractivity contribution >= 4 is 5.97 Å². The first-order valence-corrected chi connectivity index (χ1v) is 5.49. The molecule has 1 rings (SSSR count). The van der Waals surface area contributed by atoms with E-state index in [2.05, 4.69) is 25.8 Å². The first kappa shape index (κ1) is 12.7. The van der Waals surface area contributed by atoms with Crippen molar-refractivity contribution in [2.24, 2.45) is 0 Å². The Balaban J connectivity index is 2.61. The minimum absolute atomic E-state index is 0.0975. The van der Waals surface area contributed by atoms with E-state index in [-0.39, 0.29) is 6.42 Å². The molecule has 0 amide bonds. The number of carboxylic acid groups (broad SMARTS) is 1. The average molecular weight is 221 g/mol. The monoisotopic (exact) mass is 221 g/mol. The highest BCUT2D eigenvalue weighted by Gasteiger charge is 2.05. The van der Waals surface area contributed by atoms with Crippen LogP contribution in [0.4, 0.5) is 0 Å². The molecule has 88 valence electrons. The fourth-order valence-corrected chi connectivity index (χ4v) is 1.41. The lowest BCUT2D eigenvalue weighted by Crippen LogP contribution is -2.25. The third kappa shape index (κ3) is 4.03. The van der Waals surface area contributed by atoms with Gasteiger partial charge < -0.3 is 5.11 Å². The molecule has 3 nitrogen and oxygen atoms in total. The average Bonchev–Trinajstić information content (AvgIpc) is 2.20. The molecule has 0 atom stereocenters. The summed E-state index contributed by atoms with van der Waals surface area (Å²) in [5.74, 6) is -0.785. The fourth-order valence-electron chi connectivity index (χ4n) is 1.41. The molecule has 0 unspecified atom stereocenters. The summed E-state index contributed by atoms with van der Waals surface area (Å²) in [5, 5.41) is 8.65. The van der Waals surface area contributed by atoms with Crippen LogP contribution in [0.5, 0.6) is 0 Å². The van der Waals surface area contributed by atoms with Gasteiger partial charge in [-0.1, -0.05) is 24.3 Å². The van der Waals surface area contributed by atoms with Crippen LogP contribution >= 0.6 is 0 Å². The number of rotatable bonds is 5. The van der Waals surface area contributed by atoms with Crippen LogP contribution in [0.2, 0.25) is 0 Å². The Kier molecular flexibility index (Phi) is 4.50. The van der Waals surface area contributed by atoms with Gasteiger partial charge in [-0.25, -0.2) is 0 Å². The molecule has 0 radical (unpaired) electrons. The SMILES string of the molecule is CC(C)N(C)Cc1ccc(CC(=O)O)cc1. The second-order valence-electron chi connectivity index (χ2n) is 4.40. The number of nitrogens with zero attached hydrogens (tertiary/aromatic N) is 1. The van der Waals surface area contributed by atoms with Crippen LogP contribution in [0, 0.1) is 0 Å². The van der Waals surface area contributed by atoms with Gasteiger partial charge in [-0.15, -0.1) is 0 Å². The van der Waals surface area contributed by atoms with Crippen LogP contribution in [-0.4, -0.2) is 29.1 Å². The molecule has 0 heterocycles. The van der Waals surface area contributed by atoms with Crippen molar-refractivity contribution in [2.75, 3.05) is 7.05 Å². The summed E-state index contributed by atoms with van der Waals surface area (Å²) in [6, 6.07) is 8.28. The minimum atomic E-state index is -0.785. The maximum atomic E-state index is 10.5. The number of hydrogen-bond donors (Lipinski definition) is 1. The van der Waals surface area contributed by atoms with E-state index in [1.165, 1.54) is 5.56 Å². The molecule has 0 saturated carbocycles. The molecular weight excluding hydrogens is 202 g/mol. The quantitative estimate of drug-likeness (QED) is 0.828. The zero-order valence-electron chi connectivity index (χ0n) is 10.1. The smallest absolute Gasteiger partial charge is 0.307 e. The van der Waals surface area contributed by atoms with Crippen molar-refractivity contribution in [3.05, 3.63) is 35.4 Å². The number of carbonyl (C=O) groups is 1. The standard InChI is InChI=1S/C13H19NO2/c1-10(2)14(3)9-12-6-4-11(5-7-12)8-13(15)16/h4-7,10H,8-9H2,1-3H3,(H,15,16). The van der Waals surface area contributed by atoms with Gasteiger partial charge in [0.2, 0.25) is 0 Å². The number of aliphatic carboxylic acids is 1. The van der Waals surface area contributed by atoms with E-state index >= 15 is 0 Å². The predicted molar refractivity (Wildman–Crippen MR) is 64.4 cm³/mol. The molecule has 0 aliphatic rings. The van der Waals surface area contributed by atoms with Crippen LogP contribution in [0.1, 0.15) is 25.0 Å². The maximum Gasteiger partial charge on any atom is 0.307 e. The summed E-state index contributed by atoms with van der Waals surface area (Å²) < 4.78 is 0. The fraction of sp³-hybridized carbons (Fsp3) is 0.462. The molecule has 1 aromatic carbocycles. The molecule has 16 heavy (non-hydrogen) atoms. The molecule has 0 aliphatic heterocycles. The Hall–Kier alpha value is -1.35. The van der Waals surface area contributed by atoms with E-state index < -0.39 is 5.97 Å². The first-order valence-electron chi connectivity index (χ1n) is 5.49. The highest BCUT2D eigenvalue weighted by molar-refractivity contribution is 5.70. The van der Waals surface area contributed by atoms with Gasteiger partial charge in [0.25, 0.3) is 0 Å². The predicted octanol–water partition coefficient (Wildman–Crippen LogP) is 2.15. The molecule has 0 aliphatic carbocycles. The number of hydrogen-bond acceptors (Lipinski definition) is 2. The van der Waals surface area contributed by atoms with Gasteiger partial charge in [0.15, 0.2) is 0 Å². The molecule has 0 fully saturated rings. The Morgan fingerprint density at radius 3 is 2.19 bits per heavy atom. The molecule has 0 aromatic heterocycles. The third-order valence-electron chi connectivity index (χ3n) is 2.69. The van der Waals surface area contributed by atoms with Gasteiger partial charge in [0.05, 0.1) is 6.42 Å². The Labute approximate surface area is 96.7 Å². The Morgan fingerprint density at radius 2 is 1.75 bits per heavy atom. The molecule has 1 aromatic rings. The lowest BCUT2D eigenvalue weighted by atomic mass is 10.1. The van der Waals surface area contributed by atoms with E-state index in [1.807, 2.05) is 24.3 Å². The summed E-state index contributed by atoms with van der Waals surface area (Å²) in [4.78, 5) is 12.8. The van der Waals surface area contributed by atoms with E-state index in [0.717, 1.165) is 12.1 Å². The van der Waals surface area contributed by atoms with Gasteiger partial charge in [-0.3, -0.25) is 9.69 Å². The molecular formula is C13H19NO2. The summed E-state index contributed by atoms with van der Waals surface area (Å²) in [6.07, 6.45) is 0.0975. The van der Waals surface area contributed by atoms with Crippen LogP contribution in [0.15, 0.2) is 24.3 Å². The van der Waals surface area contributed by atoms with Gasteiger partial charge >= 0.3 is 5.97 Å². The van der Waals surface area contributed by atoms with Crippen molar-refractivity contribution < 1.29 is 9.90 Å². The highest BCUT2D eigenvalue weighted by atomic mass is 16.4. The van der Waals surface area contributed by atoms with Crippen LogP contribution in [0.25, 0.3) is 0 Å². The number of carboxylic acids is 1. The number of benzene rings is 1. The van der Waals surface area contributed by atoms with Crippen LogP contribution < -0.4 is 0 Å². The van der Waals surface area contributed by atoms with Gasteiger partial charge in [0.1, 0.15) is 0 Å². The highest BCUT2D eigenvalue weighted by Crippen LogP contribution is 2.09. The first-order chi connectivity index (χ1) is 7.49. The second-order valence-corrected chi connectivity index (χ2v) is 4.40. The van der Waals surface area contributed by atoms with Crippen LogP contribution in [0.3, 0.4) is 0 Å². The zero-order chi connectivity index (χ0) is 12.1. The molecule has 3 heteroatoms. The van der Waals surface area contributed by atoms with Gasteiger partial charge in [-0.2, -0.15) is 0 Å². The van der Waals surface area contributed by atoms with E-state index in [4.69, 9.17) is 5.11 Å². The summed E-state index contributed by atoms with van der Waals surface area (Å²) in [7, 11) is 2.08. The Morgan fingerprint density at radius 1 is 1.25 bits per heavy atom. The minimum Gasteiger partial charge on any atom is -0.481 e. The molecule has 0 spiro atoms. The van der Waals surface area contributed by atoms with Gasteiger partial charge in [-0.05, 0) is 32.0 Å². The molecule has 1 N–H and O–H groups in total. The van der Waals surface area contributed by atoms with Crippen molar-refractivity contribution in [3.8, 4) is 0 Å². The van der Waals surface area contributed by atoms with Crippen molar-refractivity contribution in [1.29, 1.82) is 0 Å². The zero-order valence-corrected chi connectivity index (χ0v) is 10.1. The summed E-state index contributed by atoms with van der Waals surface area (Å²) in [6.45, 7) is 5.20. The van der Waals surface area contributed by atoms with E-state index in [0.29, 0.717) is 6.04 Å². The van der Waals surface area contributed by atoms with Gasteiger partial charge in [0, 0.05) is 12.6 Å². The van der Waals surface area contributed by atoms with Crippen LogP contribution in [-0.2, 0) is 17.8 Å². The topological polar surface area (TPSA) is 40.5 Å². The van der Waals surface area contributed by atoms with E-state index in [1.54, 1.807) is 0 Å². The largest absolute Gasteiger partial charge is 0.481 e. The Bertz CT molecular complexity index is 343. The third-order valence-corrected chi connectivity index (χ3v) is 2.69. The molecule has 0 saturated heterocycles. The normalized spacial score (nSPS) is 11.1.